The number of alkyl halides is 3. The molecule has 0 radical (unpaired) electrons. The normalized spacial score (nSPS) is 15.7. The predicted octanol–water partition coefficient (Wildman–Crippen LogP) is 3.11. The fourth-order valence-electron chi connectivity index (χ4n) is 1.93. The van der Waals surface area contributed by atoms with Crippen molar-refractivity contribution in [2.24, 2.45) is 0 Å². The lowest BCUT2D eigenvalue weighted by Crippen LogP contribution is -2.43. The SMILES string of the molecule is Cl.FC(F)(F)COc1ccc(Cl)cc1N1CCNCC1. The molecular formula is C12H15Cl2F3N2O. The number of ether oxygens (including phenoxy) is 1. The molecule has 0 aromatic heterocycles. The number of anilines is 1. The predicted molar refractivity (Wildman–Crippen MR) is 75.3 cm³/mol. The monoisotopic (exact) mass is 330 g/mol. The fraction of sp³-hybridized carbons (Fsp3) is 0.500. The lowest BCUT2D eigenvalue weighted by Gasteiger charge is -2.31. The zero-order chi connectivity index (χ0) is 13.9. The molecule has 0 atom stereocenters. The number of rotatable bonds is 3. The van der Waals surface area contributed by atoms with E-state index in [2.05, 4.69) is 5.32 Å². The summed E-state index contributed by atoms with van der Waals surface area (Å²) in [5.41, 5.74) is 0.609. The maximum Gasteiger partial charge on any atom is 0.422 e. The van der Waals surface area contributed by atoms with Gasteiger partial charge in [-0.3, -0.25) is 0 Å². The highest BCUT2D eigenvalue weighted by Gasteiger charge is 2.29. The van der Waals surface area contributed by atoms with E-state index in [-0.39, 0.29) is 18.2 Å². The van der Waals surface area contributed by atoms with Gasteiger partial charge < -0.3 is 15.0 Å². The third-order valence-electron chi connectivity index (χ3n) is 2.77. The minimum absolute atomic E-state index is 0. The molecule has 0 bridgehead atoms. The maximum atomic E-state index is 12.2. The smallest absolute Gasteiger partial charge is 0.422 e. The van der Waals surface area contributed by atoms with Gasteiger partial charge in [0.2, 0.25) is 0 Å². The van der Waals surface area contributed by atoms with Crippen molar-refractivity contribution in [2.75, 3.05) is 37.7 Å². The van der Waals surface area contributed by atoms with Crippen molar-refractivity contribution in [3.8, 4) is 5.75 Å². The molecule has 0 unspecified atom stereocenters. The maximum absolute atomic E-state index is 12.2. The highest BCUT2D eigenvalue weighted by atomic mass is 35.5. The van der Waals surface area contributed by atoms with Gasteiger partial charge in [-0.15, -0.1) is 12.4 Å². The summed E-state index contributed by atoms with van der Waals surface area (Å²) >= 11 is 5.91. The Hall–Kier alpha value is -0.850. The van der Waals surface area contributed by atoms with Crippen LogP contribution in [-0.4, -0.2) is 39.0 Å². The van der Waals surface area contributed by atoms with Crippen LogP contribution in [0, 0.1) is 0 Å². The van der Waals surface area contributed by atoms with Crippen LogP contribution in [0.4, 0.5) is 18.9 Å². The Bertz CT molecular complexity index is 437. The molecule has 1 N–H and O–H groups in total. The van der Waals surface area contributed by atoms with Crippen molar-refractivity contribution in [1.29, 1.82) is 0 Å². The summed E-state index contributed by atoms with van der Waals surface area (Å²) in [6.45, 7) is 1.69. The first kappa shape index (κ1) is 17.2. The largest absolute Gasteiger partial charge is 0.482 e. The molecule has 8 heteroatoms. The second-order valence-corrected chi connectivity index (χ2v) is 4.69. The summed E-state index contributed by atoms with van der Waals surface area (Å²) < 4.78 is 41.5. The van der Waals surface area contributed by atoms with E-state index in [1.54, 1.807) is 6.07 Å². The molecule has 1 aliphatic heterocycles. The Morgan fingerprint density at radius 3 is 2.50 bits per heavy atom. The summed E-state index contributed by atoms with van der Waals surface area (Å²) in [5.74, 6) is 0.212. The topological polar surface area (TPSA) is 24.5 Å². The van der Waals surface area contributed by atoms with Crippen molar-refractivity contribution in [2.45, 2.75) is 6.18 Å². The van der Waals surface area contributed by atoms with Gasteiger partial charge in [0, 0.05) is 31.2 Å². The van der Waals surface area contributed by atoms with Crippen LogP contribution in [0.5, 0.6) is 5.75 Å². The minimum Gasteiger partial charge on any atom is -0.482 e. The Balaban J connectivity index is 0.00000200. The standard InChI is InChI=1S/C12H14ClF3N2O.ClH/c13-9-1-2-11(19-8-12(14,15)16)10(7-9)18-5-3-17-4-6-18;/h1-2,7,17H,3-6,8H2;1H. The number of nitrogens with one attached hydrogen (secondary N) is 1. The van der Waals surface area contributed by atoms with Gasteiger partial charge in [0.05, 0.1) is 5.69 Å². The third-order valence-corrected chi connectivity index (χ3v) is 3.01. The van der Waals surface area contributed by atoms with Crippen molar-refractivity contribution in [3.63, 3.8) is 0 Å². The van der Waals surface area contributed by atoms with E-state index in [9.17, 15) is 13.2 Å². The van der Waals surface area contributed by atoms with Crippen LogP contribution in [0.1, 0.15) is 0 Å². The highest BCUT2D eigenvalue weighted by molar-refractivity contribution is 6.30. The molecule has 1 aromatic carbocycles. The molecule has 114 valence electrons. The molecule has 20 heavy (non-hydrogen) atoms. The van der Waals surface area contributed by atoms with Crippen LogP contribution in [0.15, 0.2) is 18.2 Å². The van der Waals surface area contributed by atoms with Gasteiger partial charge in [0.15, 0.2) is 6.61 Å². The van der Waals surface area contributed by atoms with Crippen LogP contribution < -0.4 is 15.0 Å². The molecular weight excluding hydrogens is 316 g/mol. The van der Waals surface area contributed by atoms with E-state index in [1.165, 1.54) is 12.1 Å². The molecule has 0 amide bonds. The van der Waals surface area contributed by atoms with Gasteiger partial charge in [0.1, 0.15) is 5.75 Å². The number of piperazine rings is 1. The number of hydrogen-bond acceptors (Lipinski definition) is 3. The summed E-state index contributed by atoms with van der Waals surface area (Å²) in [6, 6.07) is 4.64. The van der Waals surface area contributed by atoms with Gasteiger partial charge in [-0.2, -0.15) is 13.2 Å². The average Bonchev–Trinajstić information content (AvgIpc) is 2.37. The highest BCUT2D eigenvalue weighted by Crippen LogP contribution is 2.32. The second kappa shape index (κ2) is 7.24. The molecule has 0 spiro atoms. The first-order valence-corrected chi connectivity index (χ1v) is 6.28. The van der Waals surface area contributed by atoms with Gasteiger partial charge in [-0.25, -0.2) is 0 Å². The molecule has 1 fully saturated rings. The van der Waals surface area contributed by atoms with E-state index < -0.39 is 12.8 Å². The number of halogens is 5. The van der Waals surface area contributed by atoms with E-state index in [1.807, 2.05) is 4.90 Å². The van der Waals surface area contributed by atoms with Gasteiger partial charge in [0.25, 0.3) is 0 Å². The van der Waals surface area contributed by atoms with Gasteiger partial charge in [-0.05, 0) is 18.2 Å². The molecule has 1 aromatic rings. The lowest BCUT2D eigenvalue weighted by atomic mass is 10.2. The first-order valence-electron chi connectivity index (χ1n) is 5.90. The second-order valence-electron chi connectivity index (χ2n) is 4.25. The third kappa shape index (κ3) is 4.92. The molecule has 1 heterocycles. The quantitative estimate of drug-likeness (QED) is 0.921. The Morgan fingerprint density at radius 2 is 1.90 bits per heavy atom. The van der Waals surface area contributed by atoms with Crippen LogP contribution in [-0.2, 0) is 0 Å². The molecule has 3 nitrogen and oxygen atoms in total. The number of nitrogens with zero attached hydrogens (tertiary/aromatic N) is 1. The molecule has 1 aliphatic rings. The van der Waals surface area contributed by atoms with Crippen molar-refractivity contribution in [1.82, 2.24) is 5.32 Å². The number of hydrogen-bond donors (Lipinski definition) is 1. The summed E-state index contributed by atoms with van der Waals surface area (Å²) in [5, 5.41) is 3.66. The van der Waals surface area contributed by atoms with Crippen LogP contribution in [0.3, 0.4) is 0 Å². The van der Waals surface area contributed by atoms with E-state index in [0.29, 0.717) is 23.8 Å². The molecule has 0 aliphatic carbocycles. The Kier molecular flexibility index (Phi) is 6.23. The summed E-state index contributed by atoms with van der Waals surface area (Å²) in [7, 11) is 0. The van der Waals surface area contributed by atoms with Crippen molar-refractivity contribution in [3.05, 3.63) is 23.2 Å². The van der Waals surface area contributed by atoms with Crippen molar-refractivity contribution < 1.29 is 17.9 Å². The molecule has 0 saturated carbocycles. The van der Waals surface area contributed by atoms with Crippen LogP contribution in [0.25, 0.3) is 0 Å². The van der Waals surface area contributed by atoms with Crippen LogP contribution in [0.2, 0.25) is 5.02 Å². The molecule has 2 rings (SSSR count). The van der Waals surface area contributed by atoms with Crippen molar-refractivity contribution >= 4 is 29.7 Å². The van der Waals surface area contributed by atoms with Gasteiger partial charge in [-0.1, -0.05) is 11.6 Å². The first-order chi connectivity index (χ1) is 8.96. The minimum atomic E-state index is -4.35. The van der Waals surface area contributed by atoms with Crippen LogP contribution >= 0.6 is 24.0 Å². The summed E-state index contributed by atoms with van der Waals surface area (Å²) in [6.07, 6.45) is -4.35. The van der Waals surface area contributed by atoms with E-state index in [0.717, 1.165) is 13.1 Å². The Morgan fingerprint density at radius 1 is 1.25 bits per heavy atom. The zero-order valence-electron chi connectivity index (χ0n) is 10.5. The zero-order valence-corrected chi connectivity index (χ0v) is 12.1. The van der Waals surface area contributed by atoms with E-state index >= 15 is 0 Å². The van der Waals surface area contributed by atoms with Gasteiger partial charge >= 0.3 is 6.18 Å². The van der Waals surface area contributed by atoms with E-state index in [4.69, 9.17) is 16.3 Å². The Labute approximate surface area is 126 Å². The summed E-state index contributed by atoms with van der Waals surface area (Å²) in [4.78, 5) is 1.97. The lowest BCUT2D eigenvalue weighted by molar-refractivity contribution is -0.153. The molecule has 1 saturated heterocycles. The fourth-order valence-corrected chi connectivity index (χ4v) is 2.09. The number of benzene rings is 1. The average molecular weight is 331 g/mol.